The molecular weight excluding hydrogens is 887 g/mol. The quantitative estimate of drug-likeness (QED) is 0.152. The topological polar surface area (TPSA) is 4.93 Å². The molecule has 332 valence electrons. The molecule has 0 radical (unpaired) electrons. The van der Waals surface area contributed by atoms with Gasteiger partial charge in [0.1, 0.15) is 0 Å². The van der Waals surface area contributed by atoms with E-state index >= 15 is 0 Å². The number of benzene rings is 13. The lowest BCUT2D eigenvalue weighted by atomic mass is 9.91. The first-order chi connectivity index (χ1) is 35.7. The minimum atomic E-state index is 1.15. The van der Waals surface area contributed by atoms with E-state index in [1.807, 2.05) is 11.3 Å². The van der Waals surface area contributed by atoms with E-state index in [-0.39, 0.29) is 0 Å². The van der Waals surface area contributed by atoms with Gasteiger partial charge < -0.3 is 4.57 Å². The number of hydrogen-bond acceptors (Lipinski definition) is 1. The molecule has 2 heteroatoms. The first-order valence-electron chi connectivity index (χ1n) is 24.9. The number of rotatable bonds is 5. The van der Waals surface area contributed by atoms with Crippen LogP contribution in [0.2, 0.25) is 0 Å². The van der Waals surface area contributed by atoms with Crippen LogP contribution in [0, 0.1) is 0 Å². The molecule has 1 aliphatic rings. The molecule has 0 N–H and O–H groups in total. The van der Waals surface area contributed by atoms with E-state index in [1.165, 1.54) is 152 Å². The van der Waals surface area contributed by atoms with Crippen molar-refractivity contribution < 1.29 is 0 Å². The monoisotopic (exact) mass is 927 g/mol. The number of para-hydroxylation sites is 1. The van der Waals surface area contributed by atoms with Crippen molar-refractivity contribution in [1.29, 1.82) is 0 Å². The van der Waals surface area contributed by atoms with Gasteiger partial charge in [0, 0.05) is 36.6 Å². The molecule has 0 unspecified atom stereocenters. The van der Waals surface area contributed by atoms with Crippen molar-refractivity contribution in [2.45, 2.75) is 0 Å². The lowest BCUT2D eigenvalue weighted by molar-refractivity contribution is 1.18. The van der Waals surface area contributed by atoms with Gasteiger partial charge in [-0.2, -0.15) is 0 Å². The highest BCUT2D eigenvalue weighted by molar-refractivity contribution is 7.25. The Hall–Kier alpha value is -9.08. The van der Waals surface area contributed by atoms with E-state index in [2.05, 4.69) is 253 Å². The molecule has 2 aromatic heterocycles. The molecule has 0 bridgehead atoms. The van der Waals surface area contributed by atoms with E-state index in [9.17, 15) is 0 Å². The van der Waals surface area contributed by atoms with Crippen LogP contribution < -0.4 is 0 Å². The van der Waals surface area contributed by atoms with Crippen LogP contribution in [0.1, 0.15) is 0 Å². The highest BCUT2D eigenvalue weighted by Gasteiger charge is 2.23. The Labute approximate surface area is 419 Å². The molecule has 1 nitrogen and oxygen atoms in total. The Morgan fingerprint density at radius 2 is 0.750 bits per heavy atom. The Balaban J connectivity index is 0.847. The number of thiophene rings is 1. The summed E-state index contributed by atoms with van der Waals surface area (Å²) >= 11 is 1.88. The van der Waals surface area contributed by atoms with E-state index in [0.717, 1.165) is 5.69 Å². The second kappa shape index (κ2) is 15.2. The van der Waals surface area contributed by atoms with Gasteiger partial charge in [0.05, 0.1) is 11.0 Å². The van der Waals surface area contributed by atoms with E-state index < -0.39 is 0 Å². The van der Waals surface area contributed by atoms with E-state index in [0.29, 0.717) is 0 Å². The van der Waals surface area contributed by atoms with Gasteiger partial charge in [-0.3, -0.25) is 0 Å². The number of hydrogen-bond donors (Lipinski definition) is 0. The maximum Gasteiger partial charge on any atom is 0.0547 e. The summed E-state index contributed by atoms with van der Waals surface area (Å²) in [5, 5.41) is 15.4. The second-order valence-electron chi connectivity index (χ2n) is 19.6. The van der Waals surface area contributed by atoms with Gasteiger partial charge in [0.15, 0.2) is 0 Å². The summed E-state index contributed by atoms with van der Waals surface area (Å²) in [5.74, 6) is 0. The Bertz CT molecular complexity index is 4720. The molecule has 0 fully saturated rings. The zero-order chi connectivity index (χ0) is 47.0. The van der Waals surface area contributed by atoms with Gasteiger partial charge in [0.2, 0.25) is 0 Å². The molecular formula is C70H41NS. The highest BCUT2D eigenvalue weighted by atomic mass is 32.1. The van der Waals surface area contributed by atoms with Gasteiger partial charge in [-0.1, -0.05) is 176 Å². The van der Waals surface area contributed by atoms with Gasteiger partial charge in [-0.05, 0) is 183 Å². The third kappa shape index (κ3) is 5.88. The Morgan fingerprint density at radius 1 is 0.236 bits per heavy atom. The molecule has 0 saturated heterocycles. The summed E-state index contributed by atoms with van der Waals surface area (Å²) in [4.78, 5) is 0. The van der Waals surface area contributed by atoms with Crippen LogP contribution in [-0.4, -0.2) is 4.57 Å². The third-order valence-electron chi connectivity index (χ3n) is 15.7. The number of aromatic nitrogens is 1. The van der Waals surface area contributed by atoms with Gasteiger partial charge in [-0.25, -0.2) is 0 Å². The first kappa shape index (κ1) is 39.7. The summed E-state index contributed by atoms with van der Waals surface area (Å²) in [6, 6.07) is 93.2. The molecule has 0 saturated carbocycles. The highest BCUT2D eigenvalue weighted by Crippen LogP contribution is 2.49. The maximum absolute atomic E-state index is 2.49. The van der Waals surface area contributed by atoms with Crippen LogP contribution in [-0.2, 0) is 0 Å². The fourth-order valence-electron chi connectivity index (χ4n) is 12.3. The molecule has 0 atom stereocenters. The van der Waals surface area contributed by atoms with Crippen LogP contribution in [0.3, 0.4) is 0 Å². The van der Waals surface area contributed by atoms with Gasteiger partial charge in [0.25, 0.3) is 0 Å². The van der Waals surface area contributed by atoms with Crippen molar-refractivity contribution >= 4 is 96.4 Å². The van der Waals surface area contributed by atoms with Crippen LogP contribution in [0.5, 0.6) is 0 Å². The first-order valence-corrected chi connectivity index (χ1v) is 25.7. The van der Waals surface area contributed by atoms with Crippen LogP contribution in [0.4, 0.5) is 0 Å². The van der Waals surface area contributed by atoms with Crippen molar-refractivity contribution in [3.63, 3.8) is 0 Å². The summed E-state index contributed by atoms with van der Waals surface area (Å²) in [5.41, 5.74) is 18.6. The predicted octanol–water partition coefficient (Wildman–Crippen LogP) is 20.1. The molecule has 1 aliphatic carbocycles. The minimum absolute atomic E-state index is 1.15. The predicted molar refractivity (Wildman–Crippen MR) is 310 cm³/mol. The van der Waals surface area contributed by atoms with Crippen molar-refractivity contribution in [3.8, 4) is 72.4 Å². The SMILES string of the molecule is c1ccc(-c2cc(-c3ccccc3)cc(-n3c4ccccc4c4cc5c6ccc(-c7ccc8sc9ccc(-c%10ccc%11c(c%10)-c%10cccc%12cccc-%11c%10%12)cc9c8c7)cc6c6ccccc6c5cc43)c2)cc1. The zero-order valence-electron chi connectivity index (χ0n) is 39.0. The molecule has 2 heterocycles. The molecule has 0 spiro atoms. The van der Waals surface area contributed by atoms with Crippen LogP contribution >= 0.6 is 11.3 Å². The molecule has 0 aliphatic heterocycles. The van der Waals surface area contributed by atoms with Crippen molar-refractivity contribution in [2.75, 3.05) is 0 Å². The van der Waals surface area contributed by atoms with E-state index in [4.69, 9.17) is 0 Å². The van der Waals surface area contributed by atoms with Gasteiger partial charge >= 0.3 is 0 Å². The van der Waals surface area contributed by atoms with Crippen molar-refractivity contribution in [1.82, 2.24) is 4.57 Å². The largest absolute Gasteiger partial charge is 0.309 e. The molecule has 13 aromatic carbocycles. The lowest BCUT2D eigenvalue weighted by Crippen LogP contribution is -1.96. The zero-order valence-corrected chi connectivity index (χ0v) is 39.8. The molecule has 16 rings (SSSR count). The standard InChI is InChI=1S/C70H41NS/c1-3-13-42(14-4-1)49-33-50(43-15-5-2-6-16-43)35-51(34-49)71-66-24-10-9-21-56(66)63-40-61-55-30-26-45(36-59(55)52-19-7-8-20-53(52)62(61)41-67(63)71)47-27-31-68-64(38-47)65-39-48(28-32-69(65)72-68)46-25-29-54-57-22-11-17-44-18-12-23-58(70(44)57)60(54)37-46/h1-41H. The van der Waals surface area contributed by atoms with Crippen molar-refractivity contribution in [3.05, 3.63) is 249 Å². The Morgan fingerprint density at radius 3 is 1.42 bits per heavy atom. The minimum Gasteiger partial charge on any atom is -0.309 e. The average molecular weight is 928 g/mol. The van der Waals surface area contributed by atoms with Crippen LogP contribution in [0.25, 0.3) is 158 Å². The number of fused-ring (bicyclic) bond motifs is 15. The van der Waals surface area contributed by atoms with Crippen LogP contribution in [0.15, 0.2) is 249 Å². The maximum atomic E-state index is 2.49. The lowest BCUT2D eigenvalue weighted by Gasteiger charge is -2.15. The summed E-state index contributed by atoms with van der Waals surface area (Å²) in [6.07, 6.45) is 0. The summed E-state index contributed by atoms with van der Waals surface area (Å²) in [7, 11) is 0. The molecule has 72 heavy (non-hydrogen) atoms. The second-order valence-corrected chi connectivity index (χ2v) is 20.7. The molecule has 15 aromatic rings. The van der Waals surface area contributed by atoms with Crippen molar-refractivity contribution in [2.24, 2.45) is 0 Å². The normalized spacial score (nSPS) is 12.2. The van der Waals surface area contributed by atoms with Gasteiger partial charge in [-0.15, -0.1) is 11.3 Å². The number of nitrogens with zero attached hydrogens (tertiary/aromatic N) is 1. The fraction of sp³-hybridized carbons (Fsp3) is 0. The summed E-state index contributed by atoms with van der Waals surface area (Å²) < 4.78 is 5.11. The third-order valence-corrected chi connectivity index (χ3v) is 16.8. The smallest absolute Gasteiger partial charge is 0.0547 e. The average Bonchev–Trinajstić information content (AvgIpc) is 4.10. The molecule has 0 amide bonds. The Kier molecular flexibility index (Phi) is 8.39. The summed E-state index contributed by atoms with van der Waals surface area (Å²) in [6.45, 7) is 0. The fourth-order valence-corrected chi connectivity index (χ4v) is 13.4. The van der Waals surface area contributed by atoms with E-state index in [1.54, 1.807) is 0 Å².